The Labute approximate surface area is 186 Å². The zero-order valence-electron chi connectivity index (χ0n) is 17.9. The van der Waals surface area contributed by atoms with E-state index in [0.717, 1.165) is 5.56 Å². The summed E-state index contributed by atoms with van der Waals surface area (Å²) in [5, 5.41) is 31.7. The minimum Gasteiger partial charge on any atom is -0.508 e. The van der Waals surface area contributed by atoms with Gasteiger partial charge in [0.15, 0.2) is 13.1 Å². The summed E-state index contributed by atoms with van der Waals surface area (Å²) in [7, 11) is 1.54. The molecule has 0 saturated carbocycles. The smallest absolute Gasteiger partial charge is 0.194 e. The molecule has 7 heteroatoms. The fraction of sp³-hybridized carbons (Fsp3) is 0.280. The average molecular weight is 438 g/mol. The molecular formula is C25H26O7. The molecule has 3 atom stereocenters. The monoisotopic (exact) mass is 438 g/mol. The molecule has 3 aromatic carbocycles. The first kappa shape index (κ1) is 22.0. The molecule has 1 heterocycles. The summed E-state index contributed by atoms with van der Waals surface area (Å²) < 4.78 is 21.8. The van der Waals surface area contributed by atoms with Gasteiger partial charge in [-0.1, -0.05) is 24.3 Å². The number of benzene rings is 3. The molecule has 1 aliphatic heterocycles. The number of phenols is 1. The maximum absolute atomic E-state index is 12.2. The summed E-state index contributed by atoms with van der Waals surface area (Å²) in [5.74, 6) is 1.16. The van der Waals surface area contributed by atoms with Crippen LogP contribution in [-0.2, 0) is 10.3 Å². The van der Waals surface area contributed by atoms with Crippen LogP contribution in [0.3, 0.4) is 0 Å². The van der Waals surface area contributed by atoms with E-state index in [-0.39, 0.29) is 19.1 Å². The summed E-state index contributed by atoms with van der Waals surface area (Å²) in [6, 6.07) is 19.0. The van der Waals surface area contributed by atoms with Crippen molar-refractivity contribution in [3.05, 3.63) is 83.4 Å². The molecule has 7 nitrogen and oxygen atoms in total. The van der Waals surface area contributed by atoms with Gasteiger partial charge in [0.1, 0.15) is 28.6 Å². The summed E-state index contributed by atoms with van der Waals surface area (Å²) >= 11 is 0. The zero-order valence-corrected chi connectivity index (χ0v) is 17.9. The molecule has 4 rings (SSSR count). The van der Waals surface area contributed by atoms with E-state index in [1.54, 1.807) is 54.6 Å². The second kappa shape index (κ2) is 9.08. The Morgan fingerprint density at radius 3 is 2.50 bits per heavy atom. The number of phenolic OH excluding ortho intramolecular Hbond substituents is 1. The number of ether oxygens (including phenoxy) is 4. The van der Waals surface area contributed by atoms with Gasteiger partial charge in [0, 0.05) is 18.7 Å². The highest BCUT2D eigenvalue weighted by atomic mass is 16.7. The van der Waals surface area contributed by atoms with Crippen molar-refractivity contribution < 1.29 is 34.3 Å². The molecule has 0 radical (unpaired) electrons. The lowest BCUT2D eigenvalue weighted by atomic mass is 9.71. The van der Waals surface area contributed by atoms with Crippen molar-refractivity contribution in [1.82, 2.24) is 0 Å². The van der Waals surface area contributed by atoms with E-state index in [0.29, 0.717) is 28.4 Å². The van der Waals surface area contributed by atoms with Crippen molar-refractivity contribution in [2.45, 2.75) is 24.7 Å². The van der Waals surface area contributed by atoms with E-state index < -0.39 is 17.8 Å². The number of aromatic hydroxyl groups is 1. The van der Waals surface area contributed by atoms with Crippen molar-refractivity contribution in [2.75, 3.05) is 20.5 Å². The second-order valence-corrected chi connectivity index (χ2v) is 7.68. The van der Waals surface area contributed by atoms with Crippen LogP contribution in [0.25, 0.3) is 0 Å². The van der Waals surface area contributed by atoms with Gasteiger partial charge in [-0.15, -0.1) is 0 Å². The van der Waals surface area contributed by atoms with Gasteiger partial charge in [0.2, 0.25) is 0 Å². The Morgan fingerprint density at radius 1 is 1.06 bits per heavy atom. The fourth-order valence-corrected chi connectivity index (χ4v) is 4.05. The maximum Gasteiger partial charge on any atom is 0.194 e. The van der Waals surface area contributed by atoms with Gasteiger partial charge >= 0.3 is 0 Å². The first-order chi connectivity index (χ1) is 15.4. The van der Waals surface area contributed by atoms with Crippen LogP contribution in [0, 0.1) is 0 Å². The first-order valence-corrected chi connectivity index (χ1v) is 10.3. The Balaban J connectivity index is 1.79. The number of aliphatic hydroxyl groups is 2. The average Bonchev–Trinajstić information content (AvgIpc) is 2.78. The number of methoxy groups -OCH3 is 1. The Morgan fingerprint density at radius 2 is 1.81 bits per heavy atom. The van der Waals surface area contributed by atoms with E-state index in [2.05, 4.69) is 0 Å². The van der Waals surface area contributed by atoms with Crippen LogP contribution in [0.4, 0.5) is 0 Å². The molecule has 0 fully saturated rings. The van der Waals surface area contributed by atoms with Crippen LogP contribution >= 0.6 is 0 Å². The van der Waals surface area contributed by atoms with Crippen molar-refractivity contribution in [3.63, 3.8) is 0 Å². The quantitative estimate of drug-likeness (QED) is 0.486. The summed E-state index contributed by atoms with van der Waals surface area (Å²) in [5.41, 5.74) is 0.452. The van der Waals surface area contributed by atoms with E-state index >= 15 is 0 Å². The molecule has 0 saturated heterocycles. The fourth-order valence-electron chi connectivity index (χ4n) is 4.05. The Hall–Kier alpha value is -3.26. The molecule has 0 aromatic heterocycles. The molecular weight excluding hydrogens is 412 g/mol. The highest BCUT2D eigenvalue weighted by Gasteiger charge is 2.46. The van der Waals surface area contributed by atoms with Crippen LogP contribution in [0.1, 0.15) is 29.5 Å². The first-order valence-electron chi connectivity index (χ1n) is 10.3. The van der Waals surface area contributed by atoms with E-state index in [9.17, 15) is 15.3 Å². The van der Waals surface area contributed by atoms with Crippen molar-refractivity contribution in [2.24, 2.45) is 0 Å². The molecule has 32 heavy (non-hydrogen) atoms. The normalized spacial score (nSPS) is 20.7. The predicted molar refractivity (Wildman–Crippen MR) is 117 cm³/mol. The minimum atomic E-state index is -1.47. The standard InChI is InChI=1S/C25H26O7/c1-16(26)32-20-8-6-17(7-9-20)23-14-30-24-13-21(31-15-29-2)10-11-22(24)25(23,28)18-4-3-5-19(27)12-18/h3-13,16,23,26-28H,14-15H2,1-2H3. The van der Waals surface area contributed by atoms with Crippen LogP contribution in [-0.4, -0.2) is 42.1 Å². The number of hydrogen-bond donors (Lipinski definition) is 3. The molecule has 3 unspecified atom stereocenters. The Bertz CT molecular complexity index is 1060. The highest BCUT2D eigenvalue weighted by molar-refractivity contribution is 5.54. The summed E-state index contributed by atoms with van der Waals surface area (Å²) in [6.45, 7) is 1.83. The topological polar surface area (TPSA) is 97.6 Å². The van der Waals surface area contributed by atoms with Gasteiger partial charge < -0.3 is 34.3 Å². The molecule has 0 bridgehead atoms. The maximum atomic E-state index is 12.2. The third kappa shape index (κ3) is 4.23. The zero-order chi connectivity index (χ0) is 22.7. The summed E-state index contributed by atoms with van der Waals surface area (Å²) in [6.07, 6.45) is -0.926. The third-order valence-corrected chi connectivity index (χ3v) is 5.49. The van der Waals surface area contributed by atoms with Crippen molar-refractivity contribution in [3.8, 4) is 23.0 Å². The minimum absolute atomic E-state index is 0.0587. The van der Waals surface area contributed by atoms with E-state index in [1.165, 1.54) is 14.0 Å². The number of rotatable bonds is 7. The molecule has 3 aromatic rings. The van der Waals surface area contributed by atoms with E-state index in [1.807, 2.05) is 12.1 Å². The molecule has 1 aliphatic rings. The van der Waals surface area contributed by atoms with Gasteiger partial charge in [-0.3, -0.25) is 0 Å². The lowest BCUT2D eigenvalue weighted by Gasteiger charge is -2.42. The lowest BCUT2D eigenvalue weighted by Crippen LogP contribution is -2.41. The molecule has 0 aliphatic carbocycles. The number of hydrogen-bond acceptors (Lipinski definition) is 7. The second-order valence-electron chi connectivity index (χ2n) is 7.68. The summed E-state index contributed by atoms with van der Waals surface area (Å²) in [4.78, 5) is 0. The van der Waals surface area contributed by atoms with Gasteiger partial charge in [-0.25, -0.2) is 0 Å². The van der Waals surface area contributed by atoms with E-state index in [4.69, 9.17) is 18.9 Å². The molecule has 0 spiro atoms. The molecule has 3 N–H and O–H groups in total. The Kier molecular flexibility index (Phi) is 6.23. The van der Waals surface area contributed by atoms with Crippen LogP contribution < -0.4 is 14.2 Å². The highest BCUT2D eigenvalue weighted by Crippen LogP contribution is 2.50. The van der Waals surface area contributed by atoms with Crippen LogP contribution in [0.5, 0.6) is 23.0 Å². The van der Waals surface area contributed by atoms with Crippen molar-refractivity contribution in [1.29, 1.82) is 0 Å². The van der Waals surface area contributed by atoms with Crippen LogP contribution in [0.2, 0.25) is 0 Å². The third-order valence-electron chi connectivity index (χ3n) is 5.49. The van der Waals surface area contributed by atoms with Gasteiger partial charge in [-0.05, 0) is 54.4 Å². The predicted octanol–water partition coefficient (Wildman–Crippen LogP) is 3.50. The van der Waals surface area contributed by atoms with Crippen molar-refractivity contribution >= 4 is 0 Å². The van der Waals surface area contributed by atoms with Gasteiger partial charge in [0.05, 0.1) is 12.5 Å². The SMILES string of the molecule is COCOc1ccc2c(c1)OCC(c1ccc(OC(C)O)cc1)C2(O)c1cccc(O)c1. The molecule has 168 valence electrons. The lowest BCUT2D eigenvalue weighted by molar-refractivity contribution is -0.000773. The number of aliphatic hydroxyl groups excluding tert-OH is 1. The van der Waals surface area contributed by atoms with Crippen LogP contribution in [0.15, 0.2) is 66.7 Å². The largest absolute Gasteiger partial charge is 0.508 e. The molecule has 0 amide bonds. The van der Waals surface area contributed by atoms with Gasteiger partial charge in [0.25, 0.3) is 0 Å². The van der Waals surface area contributed by atoms with Gasteiger partial charge in [-0.2, -0.15) is 0 Å². The number of fused-ring (bicyclic) bond motifs is 1.